The molecule has 0 amide bonds. The number of hydrogen-bond acceptors (Lipinski definition) is 2. The van der Waals surface area contributed by atoms with Gasteiger partial charge in [0.05, 0.1) is 12.6 Å². The fraction of sp³-hybridized carbons (Fsp3) is 0.455. The van der Waals surface area contributed by atoms with Crippen LogP contribution in [0.15, 0.2) is 22.7 Å². The molecule has 15 heavy (non-hydrogen) atoms. The van der Waals surface area contributed by atoms with Crippen molar-refractivity contribution in [3.63, 3.8) is 0 Å². The molecule has 4 heteroatoms. The molecule has 1 atom stereocenters. The largest absolute Gasteiger partial charge is 0.394 e. The van der Waals surface area contributed by atoms with Crippen LogP contribution >= 0.6 is 27.5 Å². The zero-order valence-electron chi connectivity index (χ0n) is 8.21. The van der Waals surface area contributed by atoms with E-state index in [4.69, 9.17) is 11.6 Å². The fourth-order valence-corrected chi connectivity index (χ4v) is 2.26. The summed E-state index contributed by atoms with van der Waals surface area (Å²) in [5.41, 5.74) is 1.02. The van der Waals surface area contributed by atoms with Gasteiger partial charge in [0.1, 0.15) is 0 Å². The molecule has 0 radical (unpaired) electrons. The van der Waals surface area contributed by atoms with E-state index in [2.05, 4.69) is 21.2 Å². The molecule has 1 unspecified atom stereocenters. The lowest BCUT2D eigenvalue weighted by Crippen LogP contribution is -2.26. The molecule has 0 aliphatic heterocycles. The maximum absolute atomic E-state index is 9.35. The van der Waals surface area contributed by atoms with Crippen LogP contribution in [0.4, 0.5) is 0 Å². The summed E-state index contributed by atoms with van der Waals surface area (Å²) in [6.45, 7) is 0.0927. The van der Waals surface area contributed by atoms with Crippen LogP contribution in [-0.2, 0) is 0 Å². The van der Waals surface area contributed by atoms with E-state index in [1.807, 2.05) is 18.2 Å². The normalized spacial score (nSPS) is 17.8. The highest BCUT2D eigenvalue weighted by atomic mass is 79.9. The molecule has 2 rings (SSSR count). The van der Waals surface area contributed by atoms with Crippen LogP contribution < -0.4 is 5.32 Å². The molecular formula is C11H13BrClNO. The van der Waals surface area contributed by atoms with Gasteiger partial charge >= 0.3 is 0 Å². The second-order valence-corrected chi connectivity index (χ2v) is 5.13. The van der Waals surface area contributed by atoms with Crippen molar-refractivity contribution < 1.29 is 5.11 Å². The topological polar surface area (TPSA) is 32.3 Å². The number of rotatable bonds is 4. The van der Waals surface area contributed by atoms with Crippen molar-refractivity contribution in [1.29, 1.82) is 0 Å². The van der Waals surface area contributed by atoms with Crippen molar-refractivity contribution >= 4 is 27.5 Å². The third kappa shape index (κ3) is 2.94. The molecule has 0 aromatic heterocycles. The Morgan fingerprint density at radius 3 is 2.87 bits per heavy atom. The van der Waals surface area contributed by atoms with Gasteiger partial charge in [-0.2, -0.15) is 0 Å². The van der Waals surface area contributed by atoms with Crippen molar-refractivity contribution in [2.24, 2.45) is 0 Å². The van der Waals surface area contributed by atoms with Gasteiger partial charge < -0.3 is 10.4 Å². The van der Waals surface area contributed by atoms with Gasteiger partial charge in [0, 0.05) is 15.5 Å². The number of benzene rings is 1. The lowest BCUT2D eigenvalue weighted by Gasteiger charge is -2.18. The van der Waals surface area contributed by atoms with Gasteiger partial charge in [-0.25, -0.2) is 0 Å². The second kappa shape index (κ2) is 4.83. The van der Waals surface area contributed by atoms with E-state index in [0.717, 1.165) is 10.0 Å². The van der Waals surface area contributed by atoms with Gasteiger partial charge in [0.25, 0.3) is 0 Å². The van der Waals surface area contributed by atoms with Crippen LogP contribution in [0.2, 0.25) is 5.02 Å². The van der Waals surface area contributed by atoms with Crippen molar-refractivity contribution in [1.82, 2.24) is 5.32 Å². The lowest BCUT2D eigenvalue weighted by molar-refractivity contribution is 0.243. The highest BCUT2D eigenvalue weighted by molar-refractivity contribution is 9.10. The third-order valence-electron chi connectivity index (χ3n) is 2.53. The van der Waals surface area contributed by atoms with Crippen molar-refractivity contribution in [3.05, 3.63) is 33.3 Å². The first-order valence-corrected chi connectivity index (χ1v) is 6.19. The van der Waals surface area contributed by atoms with Gasteiger partial charge in [0.15, 0.2) is 0 Å². The predicted molar refractivity (Wildman–Crippen MR) is 65.1 cm³/mol. The Bertz CT molecular complexity index is 354. The molecule has 0 spiro atoms. The summed E-state index contributed by atoms with van der Waals surface area (Å²) in [5.74, 6) is 0. The zero-order chi connectivity index (χ0) is 10.8. The summed E-state index contributed by atoms with van der Waals surface area (Å²) in [6.07, 6.45) is 2.41. The Morgan fingerprint density at radius 1 is 1.53 bits per heavy atom. The minimum atomic E-state index is -0.0226. The Kier molecular flexibility index (Phi) is 3.67. The first kappa shape index (κ1) is 11.4. The predicted octanol–water partition coefficient (Wildman–Crippen LogP) is 2.89. The van der Waals surface area contributed by atoms with E-state index in [9.17, 15) is 5.11 Å². The molecule has 0 heterocycles. The minimum absolute atomic E-state index is 0.0226. The highest BCUT2D eigenvalue weighted by Crippen LogP contribution is 2.29. The van der Waals surface area contributed by atoms with E-state index in [1.54, 1.807) is 0 Å². The van der Waals surface area contributed by atoms with Crippen LogP contribution in [0.25, 0.3) is 0 Å². The molecule has 0 bridgehead atoms. The van der Waals surface area contributed by atoms with Crippen molar-refractivity contribution in [2.45, 2.75) is 24.9 Å². The Labute approximate surface area is 103 Å². The van der Waals surface area contributed by atoms with E-state index in [-0.39, 0.29) is 12.6 Å². The molecule has 1 fully saturated rings. The molecule has 1 aliphatic carbocycles. The molecule has 1 aromatic carbocycles. The average Bonchev–Trinajstić information content (AvgIpc) is 3.02. The quantitative estimate of drug-likeness (QED) is 0.894. The first-order chi connectivity index (χ1) is 7.20. The molecule has 2 N–H and O–H groups in total. The Balaban J connectivity index is 2.19. The van der Waals surface area contributed by atoms with Gasteiger partial charge in [-0.15, -0.1) is 0 Å². The number of aliphatic hydroxyl groups is 1. The summed E-state index contributed by atoms with van der Waals surface area (Å²) in [6, 6.07) is 6.18. The number of halogens is 2. The molecule has 82 valence electrons. The highest BCUT2D eigenvalue weighted by Gasteiger charge is 2.25. The molecule has 1 aromatic rings. The molecule has 1 saturated carbocycles. The minimum Gasteiger partial charge on any atom is -0.394 e. The molecular weight excluding hydrogens is 277 g/mol. The molecule has 0 saturated heterocycles. The number of nitrogens with one attached hydrogen (secondary N) is 1. The van der Waals surface area contributed by atoms with Crippen LogP contribution in [0.1, 0.15) is 24.4 Å². The maximum Gasteiger partial charge on any atom is 0.0627 e. The van der Waals surface area contributed by atoms with E-state index < -0.39 is 0 Å². The standard InChI is InChI=1S/C11H13BrClNO/c12-10-4-1-7(13)5-9(10)11(6-15)14-8-2-3-8/h1,4-5,8,11,14-15H,2-3,6H2. The average molecular weight is 291 g/mol. The Morgan fingerprint density at radius 2 is 2.27 bits per heavy atom. The van der Waals surface area contributed by atoms with Crippen molar-refractivity contribution in [2.75, 3.05) is 6.61 Å². The molecule has 1 aliphatic rings. The van der Waals surface area contributed by atoms with Crippen molar-refractivity contribution in [3.8, 4) is 0 Å². The summed E-state index contributed by atoms with van der Waals surface area (Å²) in [5, 5.41) is 13.4. The number of hydrogen-bond donors (Lipinski definition) is 2. The third-order valence-corrected chi connectivity index (χ3v) is 3.49. The van der Waals surface area contributed by atoms with Gasteiger partial charge in [-0.3, -0.25) is 0 Å². The van der Waals surface area contributed by atoms with Crippen LogP contribution in [0.3, 0.4) is 0 Å². The monoisotopic (exact) mass is 289 g/mol. The second-order valence-electron chi connectivity index (χ2n) is 3.84. The fourth-order valence-electron chi connectivity index (χ4n) is 1.56. The zero-order valence-corrected chi connectivity index (χ0v) is 10.6. The first-order valence-electron chi connectivity index (χ1n) is 5.02. The van der Waals surface area contributed by atoms with E-state index in [1.165, 1.54) is 12.8 Å². The summed E-state index contributed by atoms with van der Waals surface area (Å²) in [7, 11) is 0. The maximum atomic E-state index is 9.35. The Hall–Kier alpha value is -0.0900. The summed E-state index contributed by atoms with van der Waals surface area (Å²) in [4.78, 5) is 0. The van der Waals surface area contributed by atoms with Crippen LogP contribution in [0.5, 0.6) is 0 Å². The smallest absolute Gasteiger partial charge is 0.0627 e. The van der Waals surface area contributed by atoms with Gasteiger partial charge in [-0.05, 0) is 36.6 Å². The number of aliphatic hydroxyl groups excluding tert-OH is 1. The summed E-state index contributed by atoms with van der Waals surface area (Å²) >= 11 is 9.41. The van der Waals surface area contributed by atoms with E-state index in [0.29, 0.717) is 11.1 Å². The van der Waals surface area contributed by atoms with Crippen LogP contribution in [0, 0.1) is 0 Å². The molecule has 2 nitrogen and oxygen atoms in total. The van der Waals surface area contributed by atoms with E-state index >= 15 is 0 Å². The van der Waals surface area contributed by atoms with Crippen LogP contribution in [-0.4, -0.2) is 17.8 Å². The van der Waals surface area contributed by atoms with Gasteiger partial charge in [0.2, 0.25) is 0 Å². The summed E-state index contributed by atoms with van der Waals surface area (Å²) < 4.78 is 0.985. The lowest BCUT2D eigenvalue weighted by atomic mass is 10.1. The van der Waals surface area contributed by atoms with Gasteiger partial charge in [-0.1, -0.05) is 27.5 Å². The SMILES string of the molecule is OCC(NC1CC1)c1cc(Cl)ccc1Br.